The first-order valence-corrected chi connectivity index (χ1v) is 12.1. The number of hydrogen-bond donors (Lipinski definition) is 1. The first-order chi connectivity index (χ1) is 15.7. The molecule has 178 valence electrons. The fourth-order valence-electron chi connectivity index (χ4n) is 3.87. The summed E-state index contributed by atoms with van der Waals surface area (Å²) in [5.41, 5.74) is 1.66. The highest BCUT2D eigenvalue weighted by Gasteiger charge is 2.30. The van der Waals surface area contributed by atoms with Gasteiger partial charge in [-0.15, -0.1) is 0 Å². The average Bonchev–Trinajstić information content (AvgIpc) is 3.22. The van der Waals surface area contributed by atoms with Crippen LogP contribution in [0, 0.1) is 10.1 Å². The molecule has 0 saturated heterocycles. The molecule has 0 bridgehead atoms. The van der Waals surface area contributed by atoms with Crippen LogP contribution < -0.4 is 10.2 Å². The first kappa shape index (κ1) is 24.6. The van der Waals surface area contributed by atoms with E-state index in [1.807, 2.05) is 0 Å². The molecule has 2 aromatic carbocycles. The van der Waals surface area contributed by atoms with E-state index in [9.17, 15) is 23.3 Å². The molecule has 0 atom stereocenters. The van der Waals surface area contributed by atoms with Gasteiger partial charge >= 0.3 is 0 Å². The summed E-state index contributed by atoms with van der Waals surface area (Å²) in [4.78, 5) is 25.9. The van der Waals surface area contributed by atoms with Crippen molar-refractivity contribution in [3.05, 3.63) is 57.6 Å². The number of sulfonamides is 1. The lowest BCUT2D eigenvalue weighted by Gasteiger charge is -2.20. The minimum atomic E-state index is -3.60. The molecule has 1 aliphatic heterocycles. The van der Waals surface area contributed by atoms with Crippen molar-refractivity contribution in [3.8, 4) is 0 Å². The number of carbonyl (C=O) groups excluding carboxylic acids is 1. The zero-order valence-electron chi connectivity index (χ0n) is 18.9. The molecule has 33 heavy (non-hydrogen) atoms. The van der Waals surface area contributed by atoms with Gasteiger partial charge in [-0.1, -0.05) is 13.8 Å². The second-order valence-electron chi connectivity index (χ2n) is 7.50. The standard InChI is InChI=1S/C22H28N4O6S/c1-4-24(5-2)33(30,31)18-7-9-20-16(14-18)10-12-25(20)22(27)17-6-8-19(23-11-13-32-3)21(15-17)26(28)29/h6-9,14-15,23H,4-5,10-13H2,1-3H3. The molecule has 0 saturated carbocycles. The average molecular weight is 477 g/mol. The highest BCUT2D eigenvalue weighted by atomic mass is 32.2. The lowest BCUT2D eigenvalue weighted by atomic mass is 10.1. The SMILES string of the molecule is CCN(CC)S(=O)(=O)c1ccc2c(c1)CCN2C(=O)c1ccc(NCCOC)c([N+](=O)[O-])c1. The van der Waals surface area contributed by atoms with Gasteiger partial charge in [0.15, 0.2) is 0 Å². The Morgan fingerprint density at radius 2 is 1.94 bits per heavy atom. The summed E-state index contributed by atoms with van der Waals surface area (Å²) in [6, 6.07) is 9.06. The summed E-state index contributed by atoms with van der Waals surface area (Å²) < 4.78 is 32.0. The molecule has 11 heteroatoms. The van der Waals surface area contributed by atoms with Gasteiger partial charge in [0, 0.05) is 50.6 Å². The Bertz CT molecular complexity index is 1150. The predicted molar refractivity (Wildman–Crippen MR) is 125 cm³/mol. The third-order valence-corrected chi connectivity index (χ3v) is 7.64. The monoisotopic (exact) mass is 476 g/mol. The second kappa shape index (κ2) is 10.3. The van der Waals surface area contributed by atoms with E-state index in [0.717, 1.165) is 5.56 Å². The smallest absolute Gasteiger partial charge is 0.293 e. The minimum absolute atomic E-state index is 0.187. The van der Waals surface area contributed by atoms with Crippen molar-refractivity contribution in [2.45, 2.75) is 25.2 Å². The van der Waals surface area contributed by atoms with Crippen LogP contribution in [0.2, 0.25) is 0 Å². The number of fused-ring (bicyclic) bond motifs is 1. The molecule has 0 aromatic heterocycles. The summed E-state index contributed by atoms with van der Waals surface area (Å²) in [7, 11) is -2.07. The van der Waals surface area contributed by atoms with Crippen LogP contribution in [0.3, 0.4) is 0 Å². The Labute approximate surface area is 193 Å². The molecule has 0 radical (unpaired) electrons. The highest BCUT2D eigenvalue weighted by Crippen LogP contribution is 2.33. The predicted octanol–water partition coefficient (Wildman–Crippen LogP) is 2.89. The van der Waals surface area contributed by atoms with E-state index in [4.69, 9.17) is 4.74 Å². The van der Waals surface area contributed by atoms with Gasteiger partial charge in [-0.2, -0.15) is 4.31 Å². The van der Waals surface area contributed by atoms with E-state index >= 15 is 0 Å². The summed E-state index contributed by atoms with van der Waals surface area (Å²) >= 11 is 0. The van der Waals surface area contributed by atoms with Gasteiger partial charge in [-0.25, -0.2) is 8.42 Å². The molecule has 0 spiro atoms. The lowest BCUT2D eigenvalue weighted by Crippen LogP contribution is -2.30. The first-order valence-electron chi connectivity index (χ1n) is 10.7. The Morgan fingerprint density at radius 1 is 1.21 bits per heavy atom. The fraction of sp³-hybridized carbons (Fsp3) is 0.409. The van der Waals surface area contributed by atoms with Crippen LogP contribution in [-0.4, -0.2) is 63.4 Å². The van der Waals surface area contributed by atoms with E-state index in [2.05, 4.69) is 5.32 Å². The van der Waals surface area contributed by atoms with E-state index in [1.54, 1.807) is 32.0 Å². The molecule has 1 amide bonds. The van der Waals surface area contributed by atoms with Crippen molar-refractivity contribution in [2.75, 3.05) is 50.1 Å². The van der Waals surface area contributed by atoms with Crippen LogP contribution in [0.1, 0.15) is 29.8 Å². The number of methoxy groups -OCH3 is 1. The summed E-state index contributed by atoms with van der Waals surface area (Å²) in [5.74, 6) is -0.375. The summed E-state index contributed by atoms with van der Waals surface area (Å²) in [5, 5.41) is 14.5. The number of rotatable bonds is 10. The molecule has 0 aliphatic carbocycles. The maximum Gasteiger partial charge on any atom is 0.293 e. The van der Waals surface area contributed by atoms with Gasteiger partial charge < -0.3 is 15.0 Å². The van der Waals surface area contributed by atoms with Crippen LogP contribution in [0.25, 0.3) is 0 Å². The van der Waals surface area contributed by atoms with Crippen molar-refractivity contribution < 1.29 is 22.9 Å². The number of hydrogen-bond acceptors (Lipinski definition) is 7. The number of ether oxygens (including phenoxy) is 1. The Morgan fingerprint density at radius 3 is 2.58 bits per heavy atom. The lowest BCUT2D eigenvalue weighted by molar-refractivity contribution is -0.384. The number of anilines is 2. The van der Waals surface area contributed by atoms with Crippen LogP contribution in [0.5, 0.6) is 0 Å². The van der Waals surface area contributed by atoms with Crippen molar-refractivity contribution in [1.29, 1.82) is 0 Å². The maximum atomic E-state index is 13.2. The minimum Gasteiger partial charge on any atom is -0.383 e. The van der Waals surface area contributed by atoms with Crippen molar-refractivity contribution in [1.82, 2.24) is 4.31 Å². The molecule has 0 fully saturated rings. The Balaban J connectivity index is 1.88. The van der Waals surface area contributed by atoms with Crippen molar-refractivity contribution in [3.63, 3.8) is 0 Å². The topological polar surface area (TPSA) is 122 Å². The number of nitro groups is 1. The zero-order chi connectivity index (χ0) is 24.2. The van der Waals surface area contributed by atoms with Crippen LogP contribution >= 0.6 is 0 Å². The molecule has 1 N–H and O–H groups in total. The largest absolute Gasteiger partial charge is 0.383 e. The normalized spacial score (nSPS) is 13.3. The molecule has 0 unspecified atom stereocenters. The molecule has 2 aromatic rings. The fourth-order valence-corrected chi connectivity index (χ4v) is 5.38. The highest BCUT2D eigenvalue weighted by molar-refractivity contribution is 7.89. The van der Waals surface area contributed by atoms with E-state index in [0.29, 0.717) is 50.6 Å². The van der Waals surface area contributed by atoms with E-state index in [-0.39, 0.29) is 22.1 Å². The zero-order valence-corrected chi connectivity index (χ0v) is 19.7. The third-order valence-electron chi connectivity index (χ3n) is 5.60. The number of benzene rings is 2. The van der Waals surface area contributed by atoms with Gasteiger partial charge in [-0.3, -0.25) is 14.9 Å². The summed E-state index contributed by atoms with van der Waals surface area (Å²) in [6.07, 6.45) is 0.501. The van der Waals surface area contributed by atoms with Crippen LogP contribution in [0.4, 0.5) is 17.1 Å². The van der Waals surface area contributed by atoms with Gasteiger partial charge in [0.25, 0.3) is 11.6 Å². The Hall–Kier alpha value is -3.02. The molecular weight excluding hydrogens is 448 g/mol. The van der Waals surface area contributed by atoms with Crippen molar-refractivity contribution in [2.24, 2.45) is 0 Å². The number of nitrogens with zero attached hydrogens (tertiary/aromatic N) is 3. The number of nitrogens with one attached hydrogen (secondary N) is 1. The van der Waals surface area contributed by atoms with Gasteiger partial charge in [0.05, 0.1) is 16.4 Å². The summed E-state index contributed by atoms with van der Waals surface area (Å²) in [6.45, 7) is 5.45. The maximum absolute atomic E-state index is 13.2. The van der Waals surface area contributed by atoms with Gasteiger partial charge in [0.2, 0.25) is 10.0 Å². The molecule has 10 nitrogen and oxygen atoms in total. The van der Waals surface area contributed by atoms with Crippen LogP contribution in [-0.2, 0) is 21.2 Å². The van der Waals surface area contributed by atoms with Gasteiger partial charge in [0.1, 0.15) is 5.69 Å². The number of amides is 1. The number of carbonyl (C=O) groups is 1. The van der Waals surface area contributed by atoms with Crippen molar-refractivity contribution >= 4 is 33.0 Å². The van der Waals surface area contributed by atoms with Gasteiger partial charge in [-0.05, 0) is 42.3 Å². The molecular formula is C22H28N4O6S. The second-order valence-corrected chi connectivity index (χ2v) is 9.43. The third kappa shape index (κ3) is 5.00. The van der Waals surface area contributed by atoms with E-state index in [1.165, 1.54) is 34.5 Å². The Kier molecular flexibility index (Phi) is 7.67. The van der Waals surface area contributed by atoms with Crippen LogP contribution in [0.15, 0.2) is 41.3 Å². The molecule has 3 rings (SSSR count). The van der Waals surface area contributed by atoms with E-state index < -0.39 is 14.9 Å². The molecule has 1 aliphatic rings. The molecule has 1 heterocycles. The number of nitro benzene ring substituents is 1. The quantitative estimate of drug-likeness (QED) is 0.318.